The molecule has 0 amide bonds. The molecule has 7 heteroatoms. The molecule has 0 N–H and O–H groups in total. The third-order valence-corrected chi connectivity index (χ3v) is 1.73. The SMILES string of the molecule is CCCN1N=CN(C#N)C1C(F)(F)F. The van der Waals surface area contributed by atoms with Crippen molar-refractivity contribution >= 4 is 6.34 Å². The molecule has 0 aromatic carbocycles. The summed E-state index contributed by atoms with van der Waals surface area (Å²) in [7, 11) is 0. The van der Waals surface area contributed by atoms with E-state index >= 15 is 0 Å². The van der Waals surface area contributed by atoms with Crippen LogP contribution >= 0.6 is 0 Å². The zero-order chi connectivity index (χ0) is 10.8. The monoisotopic (exact) mass is 206 g/mol. The van der Waals surface area contributed by atoms with Gasteiger partial charge in [0.2, 0.25) is 6.17 Å². The predicted molar refractivity (Wildman–Crippen MR) is 42.8 cm³/mol. The van der Waals surface area contributed by atoms with Crippen LogP contribution in [0.25, 0.3) is 0 Å². The van der Waals surface area contributed by atoms with Crippen LogP contribution in [0.2, 0.25) is 0 Å². The summed E-state index contributed by atoms with van der Waals surface area (Å²) in [6, 6.07) is 0. The van der Waals surface area contributed by atoms with Crippen LogP contribution in [0, 0.1) is 11.5 Å². The highest BCUT2D eigenvalue weighted by atomic mass is 19.4. The Balaban J connectivity index is 2.81. The van der Waals surface area contributed by atoms with Crippen molar-refractivity contribution in [2.45, 2.75) is 25.7 Å². The van der Waals surface area contributed by atoms with Gasteiger partial charge < -0.3 is 0 Å². The second-order valence-corrected chi connectivity index (χ2v) is 2.82. The topological polar surface area (TPSA) is 42.6 Å². The molecule has 0 saturated heterocycles. The minimum absolute atomic E-state index is 0.179. The Morgan fingerprint density at radius 1 is 1.57 bits per heavy atom. The van der Waals surface area contributed by atoms with Crippen molar-refractivity contribution in [3.63, 3.8) is 0 Å². The van der Waals surface area contributed by atoms with Crippen molar-refractivity contribution in [2.24, 2.45) is 5.10 Å². The van der Waals surface area contributed by atoms with E-state index in [9.17, 15) is 13.2 Å². The van der Waals surface area contributed by atoms with Crippen LogP contribution in [0.3, 0.4) is 0 Å². The molecule has 1 unspecified atom stereocenters. The van der Waals surface area contributed by atoms with Gasteiger partial charge in [0, 0.05) is 6.54 Å². The van der Waals surface area contributed by atoms with Gasteiger partial charge in [-0.05, 0) is 6.42 Å². The molecule has 4 nitrogen and oxygen atoms in total. The van der Waals surface area contributed by atoms with E-state index in [2.05, 4.69) is 5.10 Å². The summed E-state index contributed by atoms with van der Waals surface area (Å²) in [4.78, 5) is 0.496. The number of hydrogen-bond donors (Lipinski definition) is 0. The third kappa shape index (κ3) is 1.89. The summed E-state index contributed by atoms with van der Waals surface area (Å²) in [5, 5.41) is 12.8. The van der Waals surface area contributed by atoms with E-state index in [0.29, 0.717) is 11.3 Å². The maximum Gasteiger partial charge on any atom is 0.430 e. The summed E-state index contributed by atoms with van der Waals surface area (Å²) in [5.74, 6) is 0. The Morgan fingerprint density at radius 2 is 2.21 bits per heavy atom. The Morgan fingerprint density at radius 3 is 2.64 bits per heavy atom. The Hall–Kier alpha value is -1.45. The van der Waals surface area contributed by atoms with Crippen LogP contribution in [0.5, 0.6) is 0 Å². The Bertz CT molecular complexity index is 267. The lowest BCUT2D eigenvalue weighted by molar-refractivity contribution is -0.200. The minimum Gasteiger partial charge on any atom is -0.263 e. The lowest BCUT2D eigenvalue weighted by Crippen LogP contribution is -2.48. The van der Waals surface area contributed by atoms with Gasteiger partial charge in [-0.1, -0.05) is 6.92 Å². The quantitative estimate of drug-likeness (QED) is 0.640. The largest absolute Gasteiger partial charge is 0.430 e. The van der Waals surface area contributed by atoms with E-state index < -0.39 is 12.3 Å². The number of nitriles is 1. The molecule has 0 spiro atoms. The maximum absolute atomic E-state index is 12.5. The molecular weight excluding hydrogens is 197 g/mol. The molecule has 1 atom stereocenters. The van der Waals surface area contributed by atoms with Gasteiger partial charge >= 0.3 is 6.18 Å². The fourth-order valence-electron chi connectivity index (χ4n) is 1.21. The molecule has 1 heterocycles. The maximum atomic E-state index is 12.5. The van der Waals surface area contributed by atoms with Crippen LogP contribution in [0.1, 0.15) is 13.3 Å². The fourth-order valence-corrected chi connectivity index (χ4v) is 1.21. The van der Waals surface area contributed by atoms with Crippen LogP contribution in [0.15, 0.2) is 5.10 Å². The normalized spacial score (nSPS) is 21.5. The van der Waals surface area contributed by atoms with E-state index in [0.717, 1.165) is 11.3 Å². The van der Waals surface area contributed by atoms with Crippen molar-refractivity contribution in [1.29, 1.82) is 5.26 Å². The average Bonchev–Trinajstić information content (AvgIpc) is 2.47. The zero-order valence-electron chi connectivity index (χ0n) is 7.49. The number of halogens is 3. The van der Waals surface area contributed by atoms with E-state index in [1.165, 1.54) is 6.19 Å². The van der Waals surface area contributed by atoms with Crippen LogP contribution in [-0.2, 0) is 0 Å². The molecule has 0 bridgehead atoms. The molecule has 0 aromatic heterocycles. The van der Waals surface area contributed by atoms with Gasteiger partial charge in [0.1, 0.15) is 6.34 Å². The molecule has 0 fully saturated rings. The Kier molecular flexibility index (Phi) is 2.84. The minimum atomic E-state index is -4.47. The van der Waals surface area contributed by atoms with Crippen molar-refractivity contribution in [3.05, 3.63) is 0 Å². The molecule has 0 radical (unpaired) electrons. The summed E-state index contributed by atoms with van der Waals surface area (Å²) in [5.41, 5.74) is 0. The number of hydrazone groups is 1. The number of nitrogens with zero attached hydrogens (tertiary/aromatic N) is 4. The van der Waals surface area contributed by atoms with Gasteiger partial charge in [-0.15, -0.1) is 0 Å². The lowest BCUT2D eigenvalue weighted by Gasteiger charge is -2.27. The summed E-state index contributed by atoms with van der Waals surface area (Å²) < 4.78 is 37.4. The smallest absolute Gasteiger partial charge is 0.263 e. The number of rotatable bonds is 2. The highest BCUT2D eigenvalue weighted by Crippen LogP contribution is 2.29. The fraction of sp³-hybridized carbons (Fsp3) is 0.714. The number of alkyl halides is 3. The van der Waals surface area contributed by atoms with Gasteiger partial charge in [0.05, 0.1) is 0 Å². The average molecular weight is 206 g/mol. The molecule has 0 aromatic rings. The van der Waals surface area contributed by atoms with Crippen molar-refractivity contribution in [1.82, 2.24) is 9.91 Å². The number of hydrogen-bond acceptors (Lipinski definition) is 4. The molecule has 1 aliphatic heterocycles. The molecule has 0 aliphatic carbocycles. The summed E-state index contributed by atoms with van der Waals surface area (Å²) in [6.45, 7) is 1.93. The van der Waals surface area contributed by atoms with Gasteiger partial charge in [-0.25, -0.2) is 4.90 Å². The standard InChI is InChI=1S/C7H9F3N4/c1-2-3-14-6(7(8,9)10)13(4-11)5-12-14/h5-6H,2-3H2,1H3. The van der Waals surface area contributed by atoms with Gasteiger partial charge in [-0.2, -0.15) is 23.5 Å². The highest BCUT2D eigenvalue weighted by molar-refractivity contribution is 5.59. The first-order valence-corrected chi connectivity index (χ1v) is 4.06. The van der Waals surface area contributed by atoms with Crippen LogP contribution in [-0.4, -0.2) is 35.1 Å². The van der Waals surface area contributed by atoms with E-state index in [1.54, 1.807) is 6.92 Å². The van der Waals surface area contributed by atoms with Crippen molar-refractivity contribution < 1.29 is 13.2 Å². The van der Waals surface area contributed by atoms with Gasteiger partial charge in [-0.3, -0.25) is 5.01 Å². The first-order chi connectivity index (χ1) is 6.50. The van der Waals surface area contributed by atoms with Gasteiger partial charge in [0.15, 0.2) is 6.19 Å². The first-order valence-electron chi connectivity index (χ1n) is 4.06. The predicted octanol–water partition coefficient (Wildman–Crippen LogP) is 1.33. The molecule has 78 valence electrons. The lowest BCUT2D eigenvalue weighted by atomic mass is 10.4. The molecule has 1 rings (SSSR count). The summed E-state index contributed by atoms with van der Waals surface area (Å²) in [6.07, 6.45) is -3.54. The van der Waals surface area contributed by atoms with E-state index in [-0.39, 0.29) is 6.54 Å². The second kappa shape index (κ2) is 3.74. The highest BCUT2D eigenvalue weighted by Gasteiger charge is 2.49. The van der Waals surface area contributed by atoms with Crippen molar-refractivity contribution in [2.75, 3.05) is 6.54 Å². The Labute approximate surface area is 79.2 Å². The second-order valence-electron chi connectivity index (χ2n) is 2.82. The molecule has 0 saturated carbocycles. The van der Waals surface area contributed by atoms with Crippen molar-refractivity contribution in [3.8, 4) is 6.19 Å². The summed E-state index contributed by atoms with van der Waals surface area (Å²) >= 11 is 0. The van der Waals surface area contributed by atoms with E-state index in [1.807, 2.05) is 0 Å². The van der Waals surface area contributed by atoms with E-state index in [4.69, 9.17) is 5.26 Å². The van der Waals surface area contributed by atoms with Gasteiger partial charge in [0.25, 0.3) is 0 Å². The van der Waals surface area contributed by atoms with Crippen LogP contribution < -0.4 is 0 Å². The van der Waals surface area contributed by atoms with Crippen LogP contribution in [0.4, 0.5) is 13.2 Å². The zero-order valence-corrected chi connectivity index (χ0v) is 7.49. The molecular formula is C7H9F3N4. The third-order valence-electron chi connectivity index (χ3n) is 1.73. The molecule has 1 aliphatic rings. The molecule has 14 heavy (non-hydrogen) atoms. The first kappa shape index (κ1) is 10.6.